The van der Waals surface area contributed by atoms with Crippen LogP contribution >= 0.6 is 0 Å². The number of hydrogen-bond acceptors (Lipinski definition) is 5. The van der Waals surface area contributed by atoms with Crippen LogP contribution in [-0.2, 0) is 22.4 Å². The standard InChI is InChI=1S/C20H20N2O3/c1-25-20(24)17-7-3-5-15(11-17)13-18(23)12-14-4-2-6-16(10-14)19-21-8-9-22-19/h2-7,10-11H,8-9,12-13H2,1H3,(H,21,22). The molecule has 0 saturated carbocycles. The molecule has 0 aliphatic carbocycles. The van der Waals surface area contributed by atoms with E-state index in [1.807, 2.05) is 30.3 Å². The monoisotopic (exact) mass is 336 g/mol. The van der Waals surface area contributed by atoms with Crippen molar-refractivity contribution in [1.29, 1.82) is 0 Å². The summed E-state index contributed by atoms with van der Waals surface area (Å²) in [6, 6.07) is 14.9. The molecule has 5 nitrogen and oxygen atoms in total. The molecule has 3 rings (SSSR count). The fourth-order valence-corrected chi connectivity index (χ4v) is 2.86. The molecule has 1 aliphatic heterocycles. The van der Waals surface area contributed by atoms with E-state index in [4.69, 9.17) is 4.74 Å². The molecular weight excluding hydrogens is 316 g/mol. The summed E-state index contributed by atoms with van der Waals surface area (Å²) in [4.78, 5) is 28.4. The first-order valence-electron chi connectivity index (χ1n) is 8.22. The van der Waals surface area contributed by atoms with Gasteiger partial charge in [0.25, 0.3) is 0 Å². The van der Waals surface area contributed by atoms with Gasteiger partial charge in [-0.1, -0.05) is 30.3 Å². The summed E-state index contributed by atoms with van der Waals surface area (Å²) in [5.74, 6) is 0.590. The Morgan fingerprint density at radius 3 is 2.48 bits per heavy atom. The quantitative estimate of drug-likeness (QED) is 0.821. The molecule has 25 heavy (non-hydrogen) atoms. The van der Waals surface area contributed by atoms with Crippen molar-refractivity contribution < 1.29 is 14.3 Å². The molecule has 0 amide bonds. The van der Waals surface area contributed by atoms with Crippen LogP contribution in [0.3, 0.4) is 0 Å². The Bertz CT molecular complexity index is 827. The second-order valence-electron chi connectivity index (χ2n) is 5.94. The van der Waals surface area contributed by atoms with Gasteiger partial charge in [-0.3, -0.25) is 9.79 Å². The molecule has 0 fully saturated rings. The molecule has 128 valence electrons. The normalized spacial score (nSPS) is 13.1. The first-order chi connectivity index (χ1) is 12.2. The van der Waals surface area contributed by atoms with Crippen molar-refractivity contribution in [2.24, 2.45) is 4.99 Å². The third-order valence-corrected chi connectivity index (χ3v) is 4.03. The van der Waals surface area contributed by atoms with E-state index in [9.17, 15) is 9.59 Å². The third-order valence-electron chi connectivity index (χ3n) is 4.03. The Hall–Kier alpha value is -2.95. The van der Waals surface area contributed by atoms with Gasteiger partial charge in [0.1, 0.15) is 11.6 Å². The predicted octanol–water partition coefficient (Wildman–Crippen LogP) is 2.18. The van der Waals surface area contributed by atoms with Crippen molar-refractivity contribution in [3.05, 3.63) is 70.8 Å². The van der Waals surface area contributed by atoms with Gasteiger partial charge in [-0.05, 0) is 29.3 Å². The van der Waals surface area contributed by atoms with Crippen LogP contribution in [-0.4, -0.2) is 37.8 Å². The van der Waals surface area contributed by atoms with Gasteiger partial charge in [-0.15, -0.1) is 0 Å². The Balaban J connectivity index is 1.67. The van der Waals surface area contributed by atoms with Crippen molar-refractivity contribution in [3.8, 4) is 0 Å². The summed E-state index contributed by atoms with van der Waals surface area (Å²) in [6.07, 6.45) is 0.637. The number of methoxy groups -OCH3 is 1. The van der Waals surface area contributed by atoms with E-state index in [0.717, 1.165) is 35.6 Å². The van der Waals surface area contributed by atoms with Gasteiger partial charge in [0, 0.05) is 24.9 Å². The molecule has 1 N–H and O–H groups in total. The van der Waals surface area contributed by atoms with Crippen molar-refractivity contribution in [2.75, 3.05) is 20.2 Å². The second kappa shape index (κ2) is 7.75. The van der Waals surface area contributed by atoms with E-state index in [2.05, 4.69) is 10.3 Å². The molecule has 0 aromatic heterocycles. The highest BCUT2D eigenvalue weighted by Gasteiger charge is 2.12. The number of benzene rings is 2. The zero-order valence-corrected chi connectivity index (χ0v) is 14.1. The fourth-order valence-electron chi connectivity index (χ4n) is 2.86. The van der Waals surface area contributed by atoms with Crippen molar-refractivity contribution in [1.82, 2.24) is 5.32 Å². The molecule has 0 unspecified atom stereocenters. The molecule has 1 heterocycles. The minimum Gasteiger partial charge on any atom is -0.465 e. The van der Waals surface area contributed by atoms with Gasteiger partial charge in [0.2, 0.25) is 0 Å². The minimum atomic E-state index is -0.396. The van der Waals surface area contributed by atoms with Gasteiger partial charge < -0.3 is 10.1 Å². The molecule has 0 spiro atoms. The Labute approximate surface area is 146 Å². The van der Waals surface area contributed by atoms with Crippen molar-refractivity contribution in [2.45, 2.75) is 12.8 Å². The molecule has 2 aromatic rings. The number of carbonyl (C=O) groups is 2. The maximum Gasteiger partial charge on any atom is 0.337 e. The number of aliphatic imine (C=N–C) groups is 1. The molecule has 2 aromatic carbocycles. The van der Waals surface area contributed by atoms with E-state index in [0.29, 0.717) is 12.0 Å². The molecular formula is C20H20N2O3. The SMILES string of the molecule is COC(=O)c1cccc(CC(=O)Cc2cccc(C3=NCCN3)c2)c1. The highest BCUT2D eigenvalue weighted by Crippen LogP contribution is 2.12. The lowest BCUT2D eigenvalue weighted by atomic mass is 10.00. The zero-order chi connectivity index (χ0) is 17.6. The zero-order valence-electron chi connectivity index (χ0n) is 14.1. The van der Waals surface area contributed by atoms with Crippen LogP contribution in [0.25, 0.3) is 0 Å². The van der Waals surface area contributed by atoms with Crippen LogP contribution in [0.15, 0.2) is 53.5 Å². The van der Waals surface area contributed by atoms with Crippen LogP contribution in [0.5, 0.6) is 0 Å². The van der Waals surface area contributed by atoms with E-state index in [-0.39, 0.29) is 12.2 Å². The number of carbonyl (C=O) groups excluding carboxylic acids is 2. The highest BCUT2D eigenvalue weighted by atomic mass is 16.5. The van der Waals surface area contributed by atoms with Crippen molar-refractivity contribution >= 4 is 17.6 Å². The van der Waals surface area contributed by atoms with Crippen LogP contribution < -0.4 is 5.32 Å². The number of amidine groups is 1. The maximum atomic E-state index is 12.4. The molecule has 0 radical (unpaired) electrons. The van der Waals surface area contributed by atoms with Gasteiger partial charge >= 0.3 is 5.97 Å². The summed E-state index contributed by atoms with van der Waals surface area (Å²) in [5, 5.41) is 3.24. The van der Waals surface area contributed by atoms with Crippen LogP contribution in [0.4, 0.5) is 0 Å². The van der Waals surface area contributed by atoms with Gasteiger partial charge in [-0.25, -0.2) is 4.79 Å². The van der Waals surface area contributed by atoms with Crippen LogP contribution in [0.1, 0.15) is 27.0 Å². The molecule has 0 saturated heterocycles. The van der Waals surface area contributed by atoms with Gasteiger partial charge in [0.05, 0.1) is 19.2 Å². The van der Waals surface area contributed by atoms with E-state index >= 15 is 0 Å². The summed E-state index contributed by atoms with van der Waals surface area (Å²) in [6.45, 7) is 1.64. The lowest BCUT2D eigenvalue weighted by Crippen LogP contribution is -2.19. The van der Waals surface area contributed by atoms with E-state index in [1.54, 1.807) is 18.2 Å². The van der Waals surface area contributed by atoms with Crippen LogP contribution in [0.2, 0.25) is 0 Å². The van der Waals surface area contributed by atoms with E-state index in [1.165, 1.54) is 7.11 Å². The number of ketones is 1. The molecule has 1 aliphatic rings. The fraction of sp³-hybridized carbons (Fsp3) is 0.250. The highest BCUT2D eigenvalue weighted by molar-refractivity contribution is 6.00. The Morgan fingerprint density at radius 2 is 1.80 bits per heavy atom. The second-order valence-corrected chi connectivity index (χ2v) is 5.94. The number of ether oxygens (including phenoxy) is 1. The lowest BCUT2D eigenvalue weighted by molar-refractivity contribution is -0.117. The molecule has 0 bridgehead atoms. The average Bonchev–Trinajstić information content (AvgIpc) is 3.16. The Kier molecular flexibility index (Phi) is 5.23. The van der Waals surface area contributed by atoms with Crippen molar-refractivity contribution in [3.63, 3.8) is 0 Å². The summed E-state index contributed by atoms with van der Waals surface area (Å²) in [7, 11) is 1.34. The third kappa shape index (κ3) is 4.32. The Morgan fingerprint density at radius 1 is 1.08 bits per heavy atom. The largest absolute Gasteiger partial charge is 0.465 e. The topological polar surface area (TPSA) is 67.8 Å². The number of esters is 1. The number of rotatable bonds is 6. The average molecular weight is 336 g/mol. The van der Waals surface area contributed by atoms with Gasteiger partial charge in [-0.2, -0.15) is 0 Å². The number of hydrogen-bond donors (Lipinski definition) is 1. The smallest absolute Gasteiger partial charge is 0.337 e. The number of nitrogens with zero attached hydrogens (tertiary/aromatic N) is 1. The molecule has 5 heteroatoms. The number of Topliss-reactive ketones (excluding diaryl/α,β-unsaturated/α-hetero) is 1. The summed E-state index contributed by atoms with van der Waals surface area (Å²) < 4.78 is 4.71. The van der Waals surface area contributed by atoms with Gasteiger partial charge in [0.15, 0.2) is 0 Å². The van der Waals surface area contributed by atoms with E-state index < -0.39 is 5.97 Å². The minimum absolute atomic E-state index is 0.0977. The van der Waals surface area contributed by atoms with Crippen LogP contribution in [0, 0.1) is 0 Å². The summed E-state index contributed by atoms with van der Waals surface area (Å²) in [5.41, 5.74) is 3.24. The maximum absolute atomic E-state index is 12.4. The summed E-state index contributed by atoms with van der Waals surface area (Å²) >= 11 is 0. The first-order valence-corrected chi connectivity index (χ1v) is 8.22. The molecule has 0 atom stereocenters. The number of nitrogens with one attached hydrogen (secondary N) is 1. The lowest BCUT2D eigenvalue weighted by Gasteiger charge is -2.07. The predicted molar refractivity (Wildman–Crippen MR) is 96.0 cm³/mol. The first kappa shape index (κ1) is 16.9.